The van der Waals surface area contributed by atoms with Gasteiger partial charge in [0.25, 0.3) is 5.91 Å². The zero-order valence-corrected chi connectivity index (χ0v) is 15.3. The molecule has 146 valence electrons. The average Bonchev–Trinajstić information content (AvgIpc) is 2.72. The van der Waals surface area contributed by atoms with Crippen molar-refractivity contribution in [3.8, 4) is 5.75 Å². The molecule has 0 aromatic heterocycles. The van der Waals surface area contributed by atoms with E-state index in [0.717, 1.165) is 17.5 Å². The van der Waals surface area contributed by atoms with Gasteiger partial charge in [0, 0.05) is 26.2 Å². The molecular weight excluding hydrogens is 364 g/mol. The molecule has 0 radical (unpaired) electrons. The molecule has 2 aromatic rings. The molecule has 1 amide bonds. The third kappa shape index (κ3) is 3.75. The largest absolute Gasteiger partial charge is 0.495 e. The number of nitrogens with zero attached hydrogens (tertiary/aromatic N) is 2. The van der Waals surface area contributed by atoms with Gasteiger partial charge >= 0.3 is 11.9 Å². The first-order valence-corrected chi connectivity index (χ1v) is 8.70. The van der Waals surface area contributed by atoms with E-state index >= 15 is 0 Å². The number of hydrogen-bond acceptors (Lipinski definition) is 5. The minimum absolute atomic E-state index is 0.0109. The zero-order chi connectivity index (χ0) is 20.3. The number of amides is 1. The highest BCUT2D eigenvalue weighted by Gasteiger charge is 2.27. The Kier molecular flexibility index (Phi) is 5.49. The Labute approximate surface area is 161 Å². The number of aromatic carboxylic acids is 2. The molecule has 8 nitrogen and oxygen atoms in total. The zero-order valence-electron chi connectivity index (χ0n) is 15.3. The Morgan fingerprint density at radius 3 is 2.18 bits per heavy atom. The maximum absolute atomic E-state index is 12.8. The number of hydrogen-bond donors (Lipinski definition) is 2. The lowest BCUT2D eigenvalue weighted by Gasteiger charge is -2.36. The molecule has 1 aliphatic rings. The monoisotopic (exact) mass is 384 g/mol. The van der Waals surface area contributed by atoms with Crippen LogP contribution in [0.1, 0.15) is 31.1 Å². The fourth-order valence-electron chi connectivity index (χ4n) is 3.25. The van der Waals surface area contributed by atoms with Crippen molar-refractivity contribution in [1.82, 2.24) is 4.90 Å². The van der Waals surface area contributed by atoms with Gasteiger partial charge < -0.3 is 24.7 Å². The lowest BCUT2D eigenvalue weighted by molar-refractivity contribution is 0.0671. The van der Waals surface area contributed by atoms with E-state index in [4.69, 9.17) is 9.84 Å². The molecule has 2 N–H and O–H groups in total. The van der Waals surface area contributed by atoms with E-state index in [1.54, 1.807) is 12.0 Å². The number of carboxylic acid groups (broad SMARTS) is 2. The van der Waals surface area contributed by atoms with Crippen molar-refractivity contribution in [2.75, 3.05) is 38.2 Å². The summed E-state index contributed by atoms with van der Waals surface area (Å²) in [6.45, 7) is 1.97. The number of ether oxygens (including phenoxy) is 1. The highest BCUT2D eigenvalue weighted by molar-refractivity contribution is 6.06. The molecule has 1 fully saturated rings. The molecule has 1 heterocycles. The van der Waals surface area contributed by atoms with Crippen LogP contribution < -0.4 is 9.64 Å². The summed E-state index contributed by atoms with van der Waals surface area (Å²) >= 11 is 0. The maximum Gasteiger partial charge on any atom is 0.336 e. The van der Waals surface area contributed by atoms with Crippen LogP contribution in [-0.2, 0) is 0 Å². The van der Waals surface area contributed by atoms with Crippen molar-refractivity contribution >= 4 is 23.5 Å². The fraction of sp³-hybridized carbons (Fsp3) is 0.250. The molecular formula is C20H20N2O6. The molecule has 1 aliphatic heterocycles. The van der Waals surface area contributed by atoms with Crippen LogP contribution in [0.25, 0.3) is 0 Å². The molecule has 0 saturated carbocycles. The van der Waals surface area contributed by atoms with Crippen LogP contribution in [0.4, 0.5) is 5.69 Å². The maximum atomic E-state index is 12.8. The van der Waals surface area contributed by atoms with E-state index in [0.29, 0.717) is 26.2 Å². The summed E-state index contributed by atoms with van der Waals surface area (Å²) in [7, 11) is 1.60. The van der Waals surface area contributed by atoms with Crippen LogP contribution in [0.15, 0.2) is 42.5 Å². The quantitative estimate of drug-likeness (QED) is 0.812. The van der Waals surface area contributed by atoms with Gasteiger partial charge in [-0.2, -0.15) is 0 Å². The number of carboxylic acids is 2. The standard InChI is InChI=1S/C20H20N2O6/c1-28-17-5-3-2-4-16(17)21-8-10-22(11-9-21)18(23)14-7-6-13(19(24)25)12-15(14)20(26)27/h2-7,12H,8-11H2,1H3,(H,24,25)(H,26,27). The molecule has 0 atom stereocenters. The molecule has 8 heteroatoms. The van der Waals surface area contributed by atoms with Crippen molar-refractivity contribution in [2.24, 2.45) is 0 Å². The van der Waals surface area contributed by atoms with Crippen LogP contribution in [0, 0.1) is 0 Å². The second-order valence-corrected chi connectivity index (χ2v) is 6.32. The molecule has 0 unspecified atom stereocenters. The van der Waals surface area contributed by atoms with Gasteiger partial charge in [-0.05, 0) is 30.3 Å². The van der Waals surface area contributed by atoms with Crippen LogP contribution in [0.5, 0.6) is 5.75 Å². The number of para-hydroxylation sites is 2. The van der Waals surface area contributed by atoms with E-state index in [1.165, 1.54) is 12.1 Å². The molecule has 0 bridgehead atoms. The van der Waals surface area contributed by atoms with Gasteiger partial charge in [-0.15, -0.1) is 0 Å². The Morgan fingerprint density at radius 1 is 0.893 bits per heavy atom. The van der Waals surface area contributed by atoms with E-state index < -0.39 is 17.8 Å². The Balaban J connectivity index is 1.77. The van der Waals surface area contributed by atoms with Crippen LogP contribution in [-0.4, -0.2) is 66.2 Å². The van der Waals surface area contributed by atoms with Gasteiger partial charge in [0.1, 0.15) is 5.75 Å². The third-order valence-electron chi connectivity index (χ3n) is 4.72. The SMILES string of the molecule is COc1ccccc1N1CCN(C(=O)c2ccc(C(=O)O)cc2C(=O)O)CC1. The summed E-state index contributed by atoms with van der Waals surface area (Å²) in [5, 5.41) is 18.4. The summed E-state index contributed by atoms with van der Waals surface area (Å²) in [5.41, 5.74) is 0.448. The van der Waals surface area contributed by atoms with Crippen molar-refractivity contribution in [3.05, 3.63) is 59.2 Å². The predicted octanol–water partition coefficient (Wildman–Crippen LogP) is 2.05. The van der Waals surface area contributed by atoms with Gasteiger partial charge in [0.15, 0.2) is 0 Å². The number of methoxy groups -OCH3 is 1. The van der Waals surface area contributed by atoms with Crippen molar-refractivity contribution in [3.63, 3.8) is 0 Å². The van der Waals surface area contributed by atoms with Gasteiger partial charge in [-0.3, -0.25) is 4.79 Å². The summed E-state index contributed by atoms with van der Waals surface area (Å²) < 4.78 is 5.38. The minimum atomic E-state index is -1.33. The smallest absolute Gasteiger partial charge is 0.336 e. The van der Waals surface area contributed by atoms with Crippen molar-refractivity contribution in [2.45, 2.75) is 0 Å². The van der Waals surface area contributed by atoms with Crippen LogP contribution in [0.3, 0.4) is 0 Å². The van der Waals surface area contributed by atoms with Gasteiger partial charge in [0.2, 0.25) is 0 Å². The average molecular weight is 384 g/mol. The minimum Gasteiger partial charge on any atom is -0.495 e. The Bertz CT molecular complexity index is 919. The normalized spacial score (nSPS) is 13.9. The molecule has 3 rings (SSSR count). The number of piperazine rings is 1. The number of anilines is 1. The summed E-state index contributed by atoms with van der Waals surface area (Å²) in [6, 6.07) is 11.1. The highest BCUT2D eigenvalue weighted by Crippen LogP contribution is 2.28. The molecule has 0 aliphatic carbocycles. The van der Waals surface area contributed by atoms with Crippen molar-refractivity contribution < 1.29 is 29.3 Å². The lowest BCUT2D eigenvalue weighted by Crippen LogP contribution is -2.49. The first-order valence-electron chi connectivity index (χ1n) is 8.70. The van der Waals surface area contributed by atoms with E-state index in [-0.39, 0.29) is 16.7 Å². The number of rotatable bonds is 5. The second-order valence-electron chi connectivity index (χ2n) is 6.32. The van der Waals surface area contributed by atoms with Gasteiger partial charge in [0.05, 0.1) is 29.5 Å². The molecule has 28 heavy (non-hydrogen) atoms. The van der Waals surface area contributed by atoms with Gasteiger partial charge in [-0.1, -0.05) is 12.1 Å². The lowest BCUT2D eigenvalue weighted by atomic mass is 10.0. The molecule has 1 saturated heterocycles. The van der Waals surface area contributed by atoms with E-state index in [2.05, 4.69) is 4.90 Å². The Morgan fingerprint density at radius 2 is 1.57 bits per heavy atom. The van der Waals surface area contributed by atoms with Crippen LogP contribution in [0.2, 0.25) is 0 Å². The topological polar surface area (TPSA) is 107 Å². The van der Waals surface area contributed by atoms with Crippen LogP contribution >= 0.6 is 0 Å². The third-order valence-corrected chi connectivity index (χ3v) is 4.72. The first kappa shape index (κ1) is 19.2. The highest BCUT2D eigenvalue weighted by atomic mass is 16.5. The summed E-state index contributed by atoms with van der Waals surface area (Å²) in [5.74, 6) is -2.25. The summed E-state index contributed by atoms with van der Waals surface area (Å²) in [4.78, 5) is 39.1. The summed E-state index contributed by atoms with van der Waals surface area (Å²) in [6.07, 6.45) is 0. The predicted molar refractivity (Wildman–Crippen MR) is 101 cm³/mol. The number of benzene rings is 2. The second kappa shape index (κ2) is 7.99. The van der Waals surface area contributed by atoms with Crippen molar-refractivity contribution in [1.29, 1.82) is 0 Å². The Hall–Kier alpha value is -3.55. The fourth-order valence-corrected chi connectivity index (χ4v) is 3.25. The first-order chi connectivity index (χ1) is 13.4. The number of carbonyl (C=O) groups excluding carboxylic acids is 1. The molecule has 2 aromatic carbocycles. The number of carbonyl (C=O) groups is 3. The molecule has 0 spiro atoms. The van der Waals surface area contributed by atoms with E-state index in [9.17, 15) is 19.5 Å². The van der Waals surface area contributed by atoms with Gasteiger partial charge in [-0.25, -0.2) is 9.59 Å². The van der Waals surface area contributed by atoms with E-state index in [1.807, 2.05) is 24.3 Å².